The maximum atomic E-state index is 17.0. The normalized spacial score (nSPS) is 28.1. The third kappa shape index (κ3) is 6.29. The zero-order chi connectivity index (χ0) is 38.7. The fourth-order valence-electron chi connectivity index (χ4n) is 10.6. The molecule has 2 aliphatic heterocycles. The number of hydrogen-bond donors (Lipinski definition) is 4. The molecule has 1 unspecified atom stereocenters. The van der Waals surface area contributed by atoms with Crippen molar-refractivity contribution in [1.82, 2.24) is 10.2 Å². The molecule has 0 aromatic heterocycles. The lowest BCUT2D eigenvalue weighted by Crippen LogP contribution is -2.64. The van der Waals surface area contributed by atoms with Crippen LogP contribution in [0.2, 0.25) is 10.0 Å². The molecule has 4 N–H and O–H groups in total. The van der Waals surface area contributed by atoms with Gasteiger partial charge in [-0.1, -0.05) is 116 Å². The predicted molar refractivity (Wildman–Crippen MR) is 214 cm³/mol. The minimum atomic E-state index is -1.52. The highest BCUT2D eigenvalue weighted by Crippen LogP contribution is 2.70. The Kier molecular flexibility index (Phi) is 10.1. The number of anilines is 1. The van der Waals surface area contributed by atoms with Gasteiger partial charge in [0.1, 0.15) is 11.2 Å². The topological polar surface area (TPSA) is 102 Å². The molecule has 8 rings (SSSR count). The number of rotatable bonds is 7. The SMILES string of the molecule is CC1(C)CCC2(CC1)N([C@H](c1ccccc1)[C@@H](O)c1ccccc1)[C@@H](C(=O)NC1CCC(O)CC1)[C@H](c1cccc(Cl)c1F)C21C(=O)Nc2cc(Cl)ccc21. The summed E-state index contributed by atoms with van der Waals surface area (Å²) in [6, 6.07) is 27.0. The van der Waals surface area contributed by atoms with Crippen molar-refractivity contribution in [3.05, 3.63) is 135 Å². The summed E-state index contributed by atoms with van der Waals surface area (Å²) in [5.74, 6) is -2.47. The molecule has 3 fully saturated rings. The number of aliphatic hydroxyl groups is 2. The van der Waals surface area contributed by atoms with Crippen LogP contribution in [0.25, 0.3) is 0 Å². The Hall–Kier alpha value is -3.79. The molecule has 288 valence electrons. The minimum absolute atomic E-state index is 0.0869. The molecular weight excluding hydrogens is 736 g/mol. The summed E-state index contributed by atoms with van der Waals surface area (Å²) in [6.07, 6.45) is 3.06. The van der Waals surface area contributed by atoms with Gasteiger partial charge >= 0.3 is 0 Å². The number of carbonyl (C=O) groups is 2. The fourth-order valence-corrected chi connectivity index (χ4v) is 10.9. The first kappa shape index (κ1) is 38.1. The molecule has 4 aliphatic rings. The summed E-state index contributed by atoms with van der Waals surface area (Å²) in [5.41, 5.74) is 0.0177. The van der Waals surface area contributed by atoms with Gasteiger partial charge in [-0.25, -0.2) is 4.39 Å². The number of nitrogens with zero attached hydrogens (tertiary/aromatic N) is 1. The molecule has 0 radical (unpaired) electrons. The Morgan fingerprint density at radius 2 is 1.51 bits per heavy atom. The van der Waals surface area contributed by atoms with E-state index in [1.165, 1.54) is 6.07 Å². The minimum Gasteiger partial charge on any atom is -0.393 e. The summed E-state index contributed by atoms with van der Waals surface area (Å²) in [4.78, 5) is 33.3. The molecule has 7 nitrogen and oxygen atoms in total. The van der Waals surface area contributed by atoms with Gasteiger partial charge in [0.2, 0.25) is 11.8 Å². The Morgan fingerprint density at radius 3 is 2.16 bits per heavy atom. The van der Waals surface area contributed by atoms with Gasteiger partial charge in [-0.3, -0.25) is 14.5 Å². The molecule has 10 heteroatoms. The van der Waals surface area contributed by atoms with E-state index in [4.69, 9.17) is 23.2 Å². The maximum Gasteiger partial charge on any atom is 0.238 e. The van der Waals surface area contributed by atoms with Crippen LogP contribution in [0.5, 0.6) is 0 Å². The second-order valence-corrected chi connectivity index (χ2v) is 17.7. The first-order valence-corrected chi connectivity index (χ1v) is 20.2. The lowest BCUT2D eigenvalue weighted by molar-refractivity contribution is -0.137. The molecule has 4 aromatic carbocycles. The second-order valence-electron chi connectivity index (χ2n) is 16.8. The van der Waals surface area contributed by atoms with Crippen LogP contribution in [0.15, 0.2) is 97.1 Å². The van der Waals surface area contributed by atoms with Crippen LogP contribution >= 0.6 is 23.2 Å². The van der Waals surface area contributed by atoms with E-state index in [9.17, 15) is 10.2 Å². The molecule has 2 amide bonds. The fraction of sp³-hybridized carbons (Fsp3) is 0.422. The third-order valence-electron chi connectivity index (χ3n) is 13.3. The Bertz CT molecular complexity index is 2070. The summed E-state index contributed by atoms with van der Waals surface area (Å²) >= 11 is 13.2. The van der Waals surface area contributed by atoms with Crippen LogP contribution in [0.4, 0.5) is 10.1 Å². The van der Waals surface area contributed by atoms with Crippen molar-refractivity contribution in [1.29, 1.82) is 0 Å². The lowest BCUT2D eigenvalue weighted by Gasteiger charge is -2.56. The van der Waals surface area contributed by atoms with E-state index in [2.05, 4.69) is 29.4 Å². The number of halogens is 3. The molecule has 2 aliphatic carbocycles. The highest BCUT2D eigenvalue weighted by molar-refractivity contribution is 6.31. The van der Waals surface area contributed by atoms with Crippen LogP contribution < -0.4 is 10.6 Å². The van der Waals surface area contributed by atoms with Crippen LogP contribution in [0, 0.1) is 11.2 Å². The molecule has 2 spiro atoms. The molecular formula is C45H48Cl2FN3O4. The van der Waals surface area contributed by atoms with Gasteiger partial charge in [-0.15, -0.1) is 0 Å². The first-order valence-electron chi connectivity index (χ1n) is 19.5. The zero-order valence-corrected chi connectivity index (χ0v) is 32.7. The molecule has 2 saturated carbocycles. The van der Waals surface area contributed by atoms with Gasteiger partial charge in [0.15, 0.2) is 0 Å². The molecule has 5 atom stereocenters. The van der Waals surface area contributed by atoms with E-state index in [1.54, 1.807) is 24.3 Å². The van der Waals surface area contributed by atoms with Crippen molar-refractivity contribution in [2.45, 2.75) is 112 Å². The average Bonchev–Trinajstić information content (AvgIpc) is 3.60. The van der Waals surface area contributed by atoms with E-state index in [-0.39, 0.29) is 33.9 Å². The van der Waals surface area contributed by atoms with Crippen molar-refractivity contribution in [3.63, 3.8) is 0 Å². The van der Waals surface area contributed by atoms with E-state index in [0.29, 0.717) is 73.2 Å². The van der Waals surface area contributed by atoms with Gasteiger partial charge in [0.05, 0.1) is 29.3 Å². The number of aliphatic hydroxyl groups excluding tert-OH is 2. The Morgan fingerprint density at radius 1 is 0.873 bits per heavy atom. The number of amides is 2. The summed E-state index contributed by atoms with van der Waals surface area (Å²) < 4.78 is 17.0. The van der Waals surface area contributed by atoms with Crippen molar-refractivity contribution < 1.29 is 24.2 Å². The first-order chi connectivity index (χ1) is 26.4. The summed E-state index contributed by atoms with van der Waals surface area (Å²) in [5, 5.41) is 30.0. The maximum absolute atomic E-state index is 17.0. The third-order valence-corrected chi connectivity index (χ3v) is 13.8. The van der Waals surface area contributed by atoms with E-state index < -0.39 is 47.0 Å². The number of carbonyl (C=O) groups excluding carboxylic acids is 2. The molecule has 55 heavy (non-hydrogen) atoms. The summed E-state index contributed by atoms with van der Waals surface area (Å²) in [7, 11) is 0. The van der Waals surface area contributed by atoms with Gasteiger partial charge in [-0.2, -0.15) is 0 Å². The Balaban J connectivity index is 1.47. The van der Waals surface area contributed by atoms with E-state index in [1.807, 2.05) is 66.7 Å². The van der Waals surface area contributed by atoms with Gasteiger partial charge in [-0.05, 0) is 97.2 Å². The predicted octanol–water partition coefficient (Wildman–Crippen LogP) is 9.02. The van der Waals surface area contributed by atoms with Gasteiger partial charge in [0, 0.05) is 28.2 Å². The highest BCUT2D eigenvalue weighted by atomic mass is 35.5. The van der Waals surface area contributed by atoms with Crippen molar-refractivity contribution in [2.75, 3.05) is 5.32 Å². The van der Waals surface area contributed by atoms with Crippen LogP contribution in [0.1, 0.15) is 106 Å². The highest BCUT2D eigenvalue weighted by Gasteiger charge is 2.77. The van der Waals surface area contributed by atoms with Gasteiger partial charge in [0.25, 0.3) is 0 Å². The molecule has 1 saturated heterocycles. The number of benzene rings is 4. The van der Waals surface area contributed by atoms with E-state index >= 15 is 14.0 Å². The zero-order valence-electron chi connectivity index (χ0n) is 31.2. The smallest absolute Gasteiger partial charge is 0.238 e. The lowest BCUT2D eigenvalue weighted by atomic mass is 9.53. The quantitative estimate of drug-likeness (QED) is 0.150. The van der Waals surface area contributed by atoms with Crippen LogP contribution in [-0.4, -0.2) is 50.7 Å². The number of fused-ring (bicyclic) bond motifs is 3. The summed E-state index contributed by atoms with van der Waals surface area (Å²) in [6.45, 7) is 4.44. The van der Waals surface area contributed by atoms with Crippen molar-refractivity contribution in [3.8, 4) is 0 Å². The molecule has 0 bridgehead atoms. The largest absolute Gasteiger partial charge is 0.393 e. The monoisotopic (exact) mass is 783 g/mol. The molecule has 2 heterocycles. The van der Waals surface area contributed by atoms with Crippen molar-refractivity contribution in [2.24, 2.45) is 5.41 Å². The Labute approximate surface area is 332 Å². The second kappa shape index (κ2) is 14.6. The van der Waals surface area contributed by atoms with Gasteiger partial charge < -0.3 is 20.8 Å². The van der Waals surface area contributed by atoms with Crippen LogP contribution in [0.3, 0.4) is 0 Å². The number of nitrogens with one attached hydrogen (secondary N) is 2. The van der Waals surface area contributed by atoms with E-state index in [0.717, 1.165) is 5.56 Å². The van der Waals surface area contributed by atoms with Crippen molar-refractivity contribution >= 4 is 40.7 Å². The number of hydrogen-bond acceptors (Lipinski definition) is 5. The number of likely N-dealkylation sites (tertiary alicyclic amines) is 1. The molecule has 4 aromatic rings. The standard InChI is InChI=1S/C45H48Cl2FN3O4/c1-43(2)22-24-44(25-23-43)45(33-21-16-29(46)26-35(33)50-42(45)55)36(32-14-9-15-34(47)37(32)48)39(41(54)49-30-17-19-31(52)20-18-30)51(44)38(27-10-5-3-6-11-27)40(53)28-12-7-4-8-13-28/h3-16,21,26,30-31,36,38-40,52-53H,17-20,22-25H2,1-2H3,(H,49,54)(H,50,55)/t30?,31?,36-,38+,39+,40-,45?/m0/s1. The van der Waals surface area contributed by atoms with Crippen LogP contribution in [-0.2, 0) is 15.0 Å². The average molecular weight is 785 g/mol.